The summed E-state index contributed by atoms with van der Waals surface area (Å²) in [4.78, 5) is 17.7. The highest BCUT2D eigenvalue weighted by Crippen LogP contribution is 2.20. The van der Waals surface area contributed by atoms with Crippen LogP contribution in [0.3, 0.4) is 0 Å². The average molecular weight is 341 g/mol. The van der Waals surface area contributed by atoms with Gasteiger partial charge in [-0.25, -0.2) is 0 Å². The second-order valence-electron chi connectivity index (χ2n) is 5.63. The predicted octanol–water partition coefficient (Wildman–Crippen LogP) is 3.39. The van der Waals surface area contributed by atoms with Gasteiger partial charge in [-0.1, -0.05) is 24.3 Å². The van der Waals surface area contributed by atoms with Gasteiger partial charge in [0.1, 0.15) is 0 Å². The minimum Gasteiger partial charge on any atom is -0.363 e. The summed E-state index contributed by atoms with van der Waals surface area (Å²) >= 11 is 0. The minimum atomic E-state index is 0. The molecule has 0 spiro atoms. The van der Waals surface area contributed by atoms with Gasteiger partial charge in [-0.15, -0.1) is 24.8 Å². The first-order chi connectivity index (χ1) is 9.65. The van der Waals surface area contributed by atoms with Crippen molar-refractivity contribution in [3.63, 3.8) is 0 Å². The summed E-state index contributed by atoms with van der Waals surface area (Å²) in [6.07, 6.45) is 2.91. The molecular formula is C17H22Cl2N2O. The summed E-state index contributed by atoms with van der Waals surface area (Å²) in [5, 5.41) is 0. The predicted molar refractivity (Wildman–Crippen MR) is 95.3 cm³/mol. The zero-order valence-electron chi connectivity index (χ0n) is 12.9. The number of H-pyrrole nitrogens is 1. The van der Waals surface area contributed by atoms with Gasteiger partial charge in [-0.3, -0.25) is 9.69 Å². The van der Waals surface area contributed by atoms with Crippen molar-refractivity contribution >= 4 is 24.8 Å². The molecule has 1 aliphatic rings. The normalized spacial score (nSPS) is 13.7. The van der Waals surface area contributed by atoms with E-state index in [1.54, 1.807) is 0 Å². The fraction of sp³-hybridized carbons (Fsp3) is 0.353. The molecule has 1 N–H and O–H groups in total. The van der Waals surface area contributed by atoms with Crippen molar-refractivity contribution in [2.75, 3.05) is 6.54 Å². The Morgan fingerprint density at radius 3 is 2.55 bits per heavy atom. The molecule has 1 aliphatic heterocycles. The van der Waals surface area contributed by atoms with E-state index in [1.165, 1.54) is 11.1 Å². The quantitative estimate of drug-likeness (QED) is 0.909. The molecule has 1 aromatic carbocycles. The van der Waals surface area contributed by atoms with Crippen LogP contribution in [0.1, 0.15) is 27.9 Å². The van der Waals surface area contributed by atoms with Crippen LogP contribution >= 0.6 is 24.8 Å². The maximum absolute atomic E-state index is 12.0. The van der Waals surface area contributed by atoms with Crippen molar-refractivity contribution in [1.29, 1.82) is 0 Å². The zero-order valence-corrected chi connectivity index (χ0v) is 14.5. The lowest BCUT2D eigenvalue weighted by Crippen LogP contribution is -2.31. The third-order valence-corrected chi connectivity index (χ3v) is 4.21. The van der Waals surface area contributed by atoms with Crippen LogP contribution < -0.4 is 5.43 Å². The van der Waals surface area contributed by atoms with E-state index in [1.807, 2.05) is 20.0 Å². The number of hydrogen-bond donors (Lipinski definition) is 1. The highest BCUT2D eigenvalue weighted by Gasteiger charge is 2.17. The molecule has 0 amide bonds. The number of nitrogens with zero attached hydrogens (tertiary/aromatic N) is 1. The van der Waals surface area contributed by atoms with Gasteiger partial charge in [-0.05, 0) is 31.4 Å². The monoisotopic (exact) mass is 340 g/mol. The number of fused-ring (bicyclic) bond motifs is 1. The molecule has 0 radical (unpaired) electrons. The number of nitrogens with one attached hydrogen (secondary N) is 1. The van der Waals surface area contributed by atoms with Crippen LogP contribution in [0.2, 0.25) is 0 Å². The fourth-order valence-corrected chi connectivity index (χ4v) is 2.88. The summed E-state index contributed by atoms with van der Waals surface area (Å²) in [6, 6.07) is 8.62. The fourth-order valence-electron chi connectivity index (χ4n) is 2.88. The number of pyridine rings is 1. The van der Waals surface area contributed by atoms with Crippen LogP contribution in [0, 0.1) is 13.8 Å². The molecule has 0 aliphatic carbocycles. The van der Waals surface area contributed by atoms with Gasteiger partial charge < -0.3 is 4.98 Å². The van der Waals surface area contributed by atoms with Crippen molar-refractivity contribution in [3.8, 4) is 0 Å². The highest BCUT2D eigenvalue weighted by molar-refractivity contribution is 5.85. The Bertz CT molecular complexity index is 697. The first-order valence-electron chi connectivity index (χ1n) is 7.12. The Morgan fingerprint density at radius 1 is 1.14 bits per heavy atom. The summed E-state index contributed by atoms with van der Waals surface area (Å²) in [7, 11) is 0. The number of hydrogen-bond acceptors (Lipinski definition) is 2. The molecule has 0 fully saturated rings. The third kappa shape index (κ3) is 3.72. The first kappa shape index (κ1) is 18.8. The molecule has 2 aromatic rings. The molecule has 5 heteroatoms. The number of rotatable bonds is 2. The molecule has 2 heterocycles. The molecule has 0 saturated heterocycles. The van der Waals surface area contributed by atoms with Crippen LogP contribution in [0.4, 0.5) is 0 Å². The van der Waals surface area contributed by atoms with Crippen molar-refractivity contribution < 1.29 is 0 Å². The molecule has 0 saturated carbocycles. The first-order valence-corrected chi connectivity index (χ1v) is 7.12. The van der Waals surface area contributed by atoms with Crippen LogP contribution in [-0.2, 0) is 19.5 Å². The molecule has 3 rings (SSSR count). The van der Waals surface area contributed by atoms with Crippen molar-refractivity contribution in [2.24, 2.45) is 0 Å². The number of benzene rings is 1. The summed E-state index contributed by atoms with van der Waals surface area (Å²) in [5.74, 6) is 0. The Balaban J connectivity index is 0.00000121. The van der Waals surface area contributed by atoms with Crippen molar-refractivity contribution in [1.82, 2.24) is 9.88 Å². The minimum absolute atomic E-state index is 0. The molecule has 0 unspecified atom stereocenters. The maximum Gasteiger partial charge on any atom is 0.187 e. The molecule has 22 heavy (non-hydrogen) atoms. The lowest BCUT2D eigenvalue weighted by molar-refractivity contribution is 0.242. The van der Waals surface area contributed by atoms with Gasteiger partial charge in [0.15, 0.2) is 5.43 Å². The van der Waals surface area contributed by atoms with Crippen molar-refractivity contribution in [2.45, 2.75) is 33.4 Å². The topological polar surface area (TPSA) is 36.1 Å². The van der Waals surface area contributed by atoms with Gasteiger partial charge in [-0.2, -0.15) is 0 Å². The zero-order chi connectivity index (χ0) is 14.1. The Morgan fingerprint density at radius 2 is 1.82 bits per heavy atom. The third-order valence-electron chi connectivity index (χ3n) is 4.21. The van der Waals surface area contributed by atoms with Crippen molar-refractivity contribution in [3.05, 3.63) is 68.6 Å². The van der Waals surface area contributed by atoms with Gasteiger partial charge in [0.25, 0.3) is 0 Å². The largest absolute Gasteiger partial charge is 0.363 e. The smallest absolute Gasteiger partial charge is 0.187 e. The maximum atomic E-state index is 12.0. The second-order valence-corrected chi connectivity index (χ2v) is 5.63. The van der Waals surface area contributed by atoms with E-state index in [0.29, 0.717) is 0 Å². The number of aromatic nitrogens is 1. The Kier molecular flexibility index (Phi) is 6.66. The van der Waals surface area contributed by atoms with Gasteiger partial charge >= 0.3 is 0 Å². The van der Waals surface area contributed by atoms with E-state index in [2.05, 4.69) is 34.1 Å². The molecule has 3 nitrogen and oxygen atoms in total. The molecule has 0 atom stereocenters. The van der Waals surface area contributed by atoms with Gasteiger partial charge in [0.05, 0.1) is 0 Å². The second kappa shape index (κ2) is 7.82. The van der Waals surface area contributed by atoms with E-state index in [4.69, 9.17) is 0 Å². The summed E-state index contributed by atoms with van der Waals surface area (Å²) in [6.45, 7) is 6.60. The molecule has 0 bridgehead atoms. The van der Waals surface area contributed by atoms with E-state index in [0.717, 1.165) is 42.9 Å². The average Bonchev–Trinajstić information content (AvgIpc) is 2.48. The van der Waals surface area contributed by atoms with Gasteiger partial charge in [0.2, 0.25) is 0 Å². The van der Waals surface area contributed by atoms with E-state index in [-0.39, 0.29) is 30.2 Å². The standard InChI is InChI=1S/C17H20N2O.2ClH/c1-12-9-18-16(13(2)17(12)20)11-19-8-7-14-5-3-4-6-15(14)10-19;;/h3-6,9H,7-8,10-11H2,1-2H3,(H,18,20);2*1H. The number of aromatic amines is 1. The van der Waals surface area contributed by atoms with Crippen LogP contribution in [0.15, 0.2) is 35.3 Å². The van der Waals surface area contributed by atoms with E-state index >= 15 is 0 Å². The van der Waals surface area contributed by atoms with Crippen LogP contribution in [0.5, 0.6) is 0 Å². The van der Waals surface area contributed by atoms with Crippen LogP contribution in [0.25, 0.3) is 0 Å². The molecule has 120 valence electrons. The summed E-state index contributed by atoms with van der Waals surface area (Å²) in [5.41, 5.74) is 5.71. The molecular weight excluding hydrogens is 319 g/mol. The highest BCUT2D eigenvalue weighted by atomic mass is 35.5. The number of halogens is 2. The van der Waals surface area contributed by atoms with E-state index in [9.17, 15) is 4.79 Å². The lowest BCUT2D eigenvalue weighted by Gasteiger charge is -2.29. The Labute approximate surface area is 143 Å². The van der Waals surface area contributed by atoms with E-state index < -0.39 is 0 Å². The number of aryl methyl sites for hydroxylation is 1. The SMILES string of the molecule is Cc1c[nH]c(CN2CCc3ccccc3C2)c(C)c1=O.Cl.Cl. The lowest BCUT2D eigenvalue weighted by atomic mass is 9.99. The summed E-state index contributed by atoms with van der Waals surface area (Å²) < 4.78 is 0. The molecule has 1 aromatic heterocycles. The van der Waals surface area contributed by atoms with Gasteiger partial charge in [0, 0.05) is 42.7 Å². The Hall–Kier alpha value is -1.29. The van der Waals surface area contributed by atoms with Crippen LogP contribution in [-0.4, -0.2) is 16.4 Å².